The van der Waals surface area contributed by atoms with E-state index in [0.29, 0.717) is 24.0 Å². The molecule has 0 unspecified atom stereocenters. The first-order valence-electron chi connectivity index (χ1n) is 7.35. The van der Waals surface area contributed by atoms with Crippen molar-refractivity contribution in [1.82, 2.24) is 9.97 Å². The lowest BCUT2D eigenvalue weighted by Crippen LogP contribution is -2.16. The highest BCUT2D eigenvalue weighted by atomic mass is 35.5. The summed E-state index contributed by atoms with van der Waals surface area (Å²) in [6, 6.07) is 7.76. The predicted molar refractivity (Wildman–Crippen MR) is 86.6 cm³/mol. The van der Waals surface area contributed by atoms with E-state index < -0.39 is 0 Å². The second-order valence-corrected chi connectivity index (χ2v) is 5.78. The van der Waals surface area contributed by atoms with E-state index in [1.165, 1.54) is 19.3 Å². The minimum atomic E-state index is 0.506. The molecule has 0 aliphatic heterocycles. The molecule has 1 aliphatic rings. The molecule has 21 heavy (non-hydrogen) atoms. The summed E-state index contributed by atoms with van der Waals surface area (Å²) in [5.41, 5.74) is 8.39. The number of nitrogens with two attached hydrogens (primary N) is 1. The van der Waals surface area contributed by atoms with E-state index >= 15 is 0 Å². The average molecular weight is 303 g/mol. The first kappa shape index (κ1) is 14.3. The zero-order chi connectivity index (χ0) is 14.7. The van der Waals surface area contributed by atoms with Gasteiger partial charge in [0.2, 0.25) is 0 Å². The van der Waals surface area contributed by atoms with Gasteiger partial charge in [-0.25, -0.2) is 9.97 Å². The van der Waals surface area contributed by atoms with E-state index in [1.54, 1.807) is 0 Å². The molecule has 3 rings (SSSR count). The number of rotatable bonds is 5. The number of hydrogen-bond acceptors (Lipinski definition) is 4. The van der Waals surface area contributed by atoms with E-state index in [0.717, 1.165) is 22.8 Å². The summed E-state index contributed by atoms with van der Waals surface area (Å²) >= 11 is 6.11. The van der Waals surface area contributed by atoms with Gasteiger partial charge in [0.05, 0.1) is 17.6 Å². The van der Waals surface area contributed by atoms with Crippen molar-refractivity contribution in [3.05, 3.63) is 41.3 Å². The lowest BCUT2D eigenvalue weighted by Gasteiger charge is -2.24. The van der Waals surface area contributed by atoms with Gasteiger partial charge in [-0.3, -0.25) is 0 Å². The number of nitrogens with zero attached hydrogens (tertiary/aromatic N) is 2. The molecular formula is C16H19ClN4. The number of halogens is 1. The third kappa shape index (κ3) is 3.17. The van der Waals surface area contributed by atoms with Gasteiger partial charge in [0.15, 0.2) is 0 Å². The molecule has 1 aromatic heterocycles. The van der Waals surface area contributed by atoms with E-state index in [4.69, 9.17) is 22.3 Å². The van der Waals surface area contributed by atoms with E-state index in [2.05, 4.69) is 10.3 Å². The minimum absolute atomic E-state index is 0.506. The Bertz CT molecular complexity index is 625. The van der Waals surface area contributed by atoms with Crippen LogP contribution >= 0.6 is 11.6 Å². The quantitative estimate of drug-likeness (QED) is 0.888. The van der Waals surface area contributed by atoms with Crippen LogP contribution in [0.3, 0.4) is 0 Å². The SMILES string of the molecule is NCCNc1cnc(C2CCC2)nc1-c1cccc(Cl)c1. The largest absolute Gasteiger partial charge is 0.381 e. The third-order valence-electron chi connectivity index (χ3n) is 3.84. The van der Waals surface area contributed by atoms with Crippen LogP contribution in [0.1, 0.15) is 31.0 Å². The molecule has 1 aromatic carbocycles. The normalized spacial score (nSPS) is 14.8. The first-order chi connectivity index (χ1) is 10.3. The van der Waals surface area contributed by atoms with Gasteiger partial charge in [0.1, 0.15) is 5.82 Å². The van der Waals surface area contributed by atoms with Crippen molar-refractivity contribution in [2.24, 2.45) is 5.73 Å². The maximum Gasteiger partial charge on any atom is 0.132 e. The fraction of sp³-hybridized carbons (Fsp3) is 0.375. The molecule has 0 amide bonds. The van der Waals surface area contributed by atoms with Crippen LogP contribution in [-0.4, -0.2) is 23.1 Å². The van der Waals surface area contributed by atoms with Crippen molar-refractivity contribution in [1.29, 1.82) is 0 Å². The van der Waals surface area contributed by atoms with Gasteiger partial charge >= 0.3 is 0 Å². The Hall–Kier alpha value is -1.65. The number of nitrogens with one attached hydrogen (secondary N) is 1. The van der Waals surface area contributed by atoms with E-state index in [1.807, 2.05) is 30.5 Å². The number of aromatic nitrogens is 2. The summed E-state index contributed by atoms with van der Waals surface area (Å²) in [5.74, 6) is 1.45. The topological polar surface area (TPSA) is 63.8 Å². The first-order valence-corrected chi connectivity index (χ1v) is 7.72. The van der Waals surface area contributed by atoms with Gasteiger partial charge in [0.25, 0.3) is 0 Å². The van der Waals surface area contributed by atoms with E-state index in [9.17, 15) is 0 Å². The maximum atomic E-state index is 6.11. The lowest BCUT2D eigenvalue weighted by atomic mass is 9.85. The number of hydrogen-bond donors (Lipinski definition) is 2. The van der Waals surface area contributed by atoms with Gasteiger partial charge < -0.3 is 11.1 Å². The third-order valence-corrected chi connectivity index (χ3v) is 4.07. The summed E-state index contributed by atoms with van der Waals surface area (Å²) in [6.45, 7) is 1.26. The monoisotopic (exact) mass is 302 g/mol. The molecule has 0 saturated heterocycles. The molecule has 1 saturated carbocycles. The molecule has 0 radical (unpaired) electrons. The van der Waals surface area contributed by atoms with Crippen LogP contribution in [0.25, 0.3) is 11.3 Å². The van der Waals surface area contributed by atoms with Crippen LogP contribution < -0.4 is 11.1 Å². The molecule has 1 heterocycles. The van der Waals surface area contributed by atoms with E-state index in [-0.39, 0.29) is 0 Å². The molecule has 0 atom stereocenters. The smallest absolute Gasteiger partial charge is 0.132 e. The Balaban J connectivity index is 2.00. The van der Waals surface area contributed by atoms with Gasteiger partial charge in [-0.2, -0.15) is 0 Å². The van der Waals surface area contributed by atoms with Crippen molar-refractivity contribution in [3.8, 4) is 11.3 Å². The molecule has 1 fully saturated rings. The Kier molecular flexibility index (Phi) is 4.36. The zero-order valence-corrected chi connectivity index (χ0v) is 12.6. The van der Waals surface area contributed by atoms with Crippen molar-refractivity contribution in [2.45, 2.75) is 25.2 Å². The maximum absolute atomic E-state index is 6.11. The number of benzene rings is 1. The van der Waals surface area contributed by atoms with Crippen LogP contribution in [0.4, 0.5) is 5.69 Å². The molecule has 0 bridgehead atoms. The molecule has 3 N–H and O–H groups in total. The Labute approximate surface area is 129 Å². The summed E-state index contributed by atoms with van der Waals surface area (Å²) in [4.78, 5) is 9.30. The van der Waals surface area contributed by atoms with Crippen molar-refractivity contribution >= 4 is 17.3 Å². The second-order valence-electron chi connectivity index (χ2n) is 5.34. The highest BCUT2D eigenvalue weighted by Crippen LogP contribution is 2.36. The molecule has 110 valence electrons. The van der Waals surface area contributed by atoms with Crippen LogP contribution in [0, 0.1) is 0 Å². The fourth-order valence-corrected chi connectivity index (χ4v) is 2.64. The van der Waals surface area contributed by atoms with Crippen molar-refractivity contribution < 1.29 is 0 Å². The summed E-state index contributed by atoms with van der Waals surface area (Å²) < 4.78 is 0. The van der Waals surface area contributed by atoms with Crippen molar-refractivity contribution in [2.75, 3.05) is 18.4 Å². The zero-order valence-electron chi connectivity index (χ0n) is 11.8. The fourth-order valence-electron chi connectivity index (χ4n) is 2.45. The van der Waals surface area contributed by atoms with Gasteiger partial charge in [0, 0.05) is 29.6 Å². The minimum Gasteiger partial charge on any atom is -0.381 e. The standard InChI is InChI=1S/C16H19ClN4/c17-13-6-2-5-12(9-13)15-14(19-8-7-18)10-20-16(21-15)11-3-1-4-11/h2,5-6,9-11,19H,1,3-4,7-8,18H2. The second kappa shape index (κ2) is 6.41. The highest BCUT2D eigenvalue weighted by Gasteiger charge is 2.23. The summed E-state index contributed by atoms with van der Waals surface area (Å²) in [5, 5.41) is 4.00. The van der Waals surface area contributed by atoms with Gasteiger partial charge in [-0.1, -0.05) is 30.2 Å². The van der Waals surface area contributed by atoms with Crippen LogP contribution in [0.2, 0.25) is 5.02 Å². The predicted octanol–water partition coefficient (Wildman–Crippen LogP) is 3.44. The lowest BCUT2D eigenvalue weighted by molar-refractivity contribution is 0.402. The average Bonchev–Trinajstić information content (AvgIpc) is 2.44. The Morgan fingerprint density at radius 2 is 2.19 bits per heavy atom. The molecule has 5 heteroatoms. The van der Waals surface area contributed by atoms with Crippen molar-refractivity contribution in [3.63, 3.8) is 0 Å². The summed E-state index contributed by atoms with van der Waals surface area (Å²) in [7, 11) is 0. The molecule has 4 nitrogen and oxygen atoms in total. The van der Waals surface area contributed by atoms with Gasteiger partial charge in [-0.05, 0) is 25.0 Å². The molecule has 2 aromatic rings. The summed E-state index contributed by atoms with van der Waals surface area (Å²) in [6.07, 6.45) is 5.51. The van der Waals surface area contributed by atoms with Crippen LogP contribution in [0.15, 0.2) is 30.5 Å². The van der Waals surface area contributed by atoms with Crippen LogP contribution in [-0.2, 0) is 0 Å². The van der Waals surface area contributed by atoms with Gasteiger partial charge in [-0.15, -0.1) is 0 Å². The Morgan fingerprint density at radius 3 is 2.86 bits per heavy atom. The number of anilines is 1. The highest BCUT2D eigenvalue weighted by molar-refractivity contribution is 6.30. The molecular weight excluding hydrogens is 284 g/mol. The molecule has 1 aliphatic carbocycles. The Morgan fingerprint density at radius 1 is 1.33 bits per heavy atom. The van der Waals surface area contributed by atoms with Crippen LogP contribution in [0.5, 0.6) is 0 Å². The molecule has 0 spiro atoms.